The number of rotatable bonds is 5. The highest BCUT2D eigenvalue weighted by atomic mass is 35.6. The van der Waals surface area contributed by atoms with Crippen LogP contribution in [0.5, 0.6) is 0 Å². The average Bonchev–Trinajstić information content (AvgIpc) is 2.92. The fourth-order valence-electron chi connectivity index (χ4n) is 2.80. The molecule has 1 heterocycles. The van der Waals surface area contributed by atoms with Gasteiger partial charge in [0, 0.05) is 12.5 Å². The Morgan fingerprint density at radius 2 is 1.96 bits per heavy atom. The van der Waals surface area contributed by atoms with Crippen molar-refractivity contribution in [2.24, 2.45) is 5.92 Å². The van der Waals surface area contributed by atoms with Gasteiger partial charge in [0.2, 0.25) is 5.91 Å². The Balaban J connectivity index is 2.18. The maximum Gasteiger partial charge on any atom is 0.313 e. The zero-order valence-electron chi connectivity index (χ0n) is 13.3. The Morgan fingerprint density at radius 3 is 2.52 bits per heavy atom. The molecule has 3 atom stereocenters. The molecule has 1 aromatic carbocycles. The number of nitrogens with one attached hydrogen (secondary N) is 2. The number of hydrogen-bond acceptors (Lipinski definition) is 4. The maximum atomic E-state index is 12.2. The van der Waals surface area contributed by atoms with Crippen molar-refractivity contribution in [3.63, 3.8) is 0 Å². The molecule has 0 aromatic heterocycles. The third kappa shape index (κ3) is 5.00. The first-order valence-corrected chi connectivity index (χ1v) is 8.65. The third-order valence-electron chi connectivity index (χ3n) is 4.06. The molecule has 6 nitrogen and oxygen atoms in total. The summed E-state index contributed by atoms with van der Waals surface area (Å²) in [4.78, 5) is 36.1. The Bertz CT molecular complexity index is 649. The van der Waals surface area contributed by atoms with Crippen molar-refractivity contribution >= 4 is 52.6 Å². The van der Waals surface area contributed by atoms with Gasteiger partial charge >= 0.3 is 5.97 Å². The molecule has 0 radical (unpaired) electrons. The molecule has 9 heteroatoms. The van der Waals surface area contributed by atoms with E-state index >= 15 is 0 Å². The molecule has 0 aliphatic carbocycles. The average molecular weight is 408 g/mol. The van der Waals surface area contributed by atoms with E-state index in [2.05, 4.69) is 10.6 Å². The number of carbonyl (C=O) groups is 3. The van der Waals surface area contributed by atoms with Crippen molar-refractivity contribution in [1.82, 2.24) is 10.6 Å². The van der Waals surface area contributed by atoms with E-state index in [1.54, 1.807) is 12.1 Å². The Hall–Kier alpha value is -1.50. The summed E-state index contributed by atoms with van der Waals surface area (Å²) in [6.45, 7) is 0.296. The smallest absolute Gasteiger partial charge is 0.313 e. The lowest BCUT2D eigenvalue weighted by Gasteiger charge is -2.24. The predicted molar refractivity (Wildman–Crippen MR) is 94.5 cm³/mol. The topological polar surface area (TPSA) is 84.5 Å². The zero-order chi connectivity index (χ0) is 18.6. The van der Waals surface area contributed by atoms with Gasteiger partial charge in [0.25, 0.3) is 9.70 Å². The second-order valence-corrected chi connectivity index (χ2v) is 7.96. The molecule has 1 fully saturated rings. The van der Waals surface area contributed by atoms with Gasteiger partial charge in [-0.1, -0.05) is 65.1 Å². The zero-order valence-corrected chi connectivity index (χ0v) is 15.6. The summed E-state index contributed by atoms with van der Waals surface area (Å²) in [6.07, 6.45) is 0.292. The van der Waals surface area contributed by atoms with Crippen molar-refractivity contribution in [1.29, 1.82) is 0 Å². The molecule has 1 aliphatic heterocycles. The maximum absolute atomic E-state index is 12.2. The first kappa shape index (κ1) is 19.8. The highest BCUT2D eigenvalue weighted by Gasteiger charge is 2.42. The van der Waals surface area contributed by atoms with Crippen molar-refractivity contribution in [2.75, 3.05) is 13.7 Å². The van der Waals surface area contributed by atoms with Gasteiger partial charge in [-0.3, -0.25) is 14.4 Å². The van der Waals surface area contributed by atoms with E-state index in [1.807, 2.05) is 18.2 Å². The van der Waals surface area contributed by atoms with Crippen LogP contribution in [0.25, 0.3) is 0 Å². The van der Waals surface area contributed by atoms with E-state index in [9.17, 15) is 14.4 Å². The second-order valence-electron chi connectivity index (χ2n) is 5.68. The molecule has 1 aliphatic rings. The summed E-state index contributed by atoms with van der Waals surface area (Å²) in [5, 5.41) is 5.09. The first-order chi connectivity index (χ1) is 11.7. The summed E-state index contributed by atoms with van der Waals surface area (Å²) in [5.74, 6) is -2.62. The fraction of sp³-hybridized carbons (Fsp3) is 0.438. The van der Waals surface area contributed by atoms with Crippen molar-refractivity contribution < 1.29 is 19.1 Å². The normalized spacial score (nSPS) is 21.4. The highest BCUT2D eigenvalue weighted by molar-refractivity contribution is 6.76. The largest absolute Gasteiger partial charge is 0.469 e. The lowest BCUT2D eigenvalue weighted by molar-refractivity contribution is -0.143. The van der Waals surface area contributed by atoms with Crippen LogP contribution in [0, 0.1) is 5.92 Å². The number of benzene rings is 1. The monoisotopic (exact) mass is 406 g/mol. The van der Waals surface area contributed by atoms with E-state index in [4.69, 9.17) is 39.5 Å². The number of hydrogen-bond donors (Lipinski definition) is 2. The standard InChI is InChI=1S/C16H17Cl3N2O4/c1-25-14(23)11(9-5-3-2-4-6-9)7-10-8-20-13(22)12(10)21-15(24)16(17,18)19/h2-6,10-12H,7-8H2,1H3,(H,20,22)(H,21,24). The molecule has 136 valence electrons. The number of methoxy groups -OCH3 is 1. The van der Waals surface area contributed by atoms with Gasteiger partial charge in [-0.15, -0.1) is 0 Å². The molecule has 2 rings (SSSR count). The summed E-state index contributed by atoms with van der Waals surface area (Å²) >= 11 is 16.6. The number of alkyl halides is 3. The molecule has 1 aromatic rings. The van der Waals surface area contributed by atoms with Gasteiger partial charge in [0.1, 0.15) is 6.04 Å². The van der Waals surface area contributed by atoms with Gasteiger partial charge in [-0.25, -0.2) is 0 Å². The van der Waals surface area contributed by atoms with Crippen LogP contribution in [0.4, 0.5) is 0 Å². The number of ether oxygens (including phenoxy) is 1. The van der Waals surface area contributed by atoms with Gasteiger partial charge in [-0.05, 0) is 12.0 Å². The van der Waals surface area contributed by atoms with Crippen LogP contribution in [0.15, 0.2) is 30.3 Å². The van der Waals surface area contributed by atoms with Crippen molar-refractivity contribution in [3.8, 4) is 0 Å². The van der Waals surface area contributed by atoms with Gasteiger partial charge in [-0.2, -0.15) is 0 Å². The number of amides is 2. The third-order valence-corrected chi connectivity index (χ3v) is 4.58. The minimum absolute atomic E-state index is 0.292. The van der Waals surface area contributed by atoms with E-state index in [0.717, 1.165) is 5.56 Å². The molecule has 0 bridgehead atoms. The van der Waals surface area contributed by atoms with Gasteiger partial charge < -0.3 is 15.4 Å². The Morgan fingerprint density at radius 1 is 1.32 bits per heavy atom. The molecule has 0 spiro atoms. The van der Waals surface area contributed by atoms with E-state index < -0.39 is 27.6 Å². The lowest BCUT2D eigenvalue weighted by atomic mass is 9.86. The van der Waals surface area contributed by atoms with Crippen LogP contribution in [-0.2, 0) is 19.1 Å². The van der Waals surface area contributed by atoms with Crippen LogP contribution in [0.3, 0.4) is 0 Å². The summed E-state index contributed by atoms with van der Waals surface area (Å²) in [5.41, 5.74) is 0.764. The van der Waals surface area contributed by atoms with Crippen LogP contribution in [-0.4, -0.2) is 41.3 Å². The van der Waals surface area contributed by atoms with Crippen LogP contribution >= 0.6 is 34.8 Å². The molecule has 2 N–H and O–H groups in total. The fourth-order valence-corrected chi connectivity index (χ4v) is 2.96. The molecule has 0 saturated carbocycles. The van der Waals surface area contributed by atoms with Crippen LogP contribution in [0.1, 0.15) is 17.9 Å². The van der Waals surface area contributed by atoms with E-state index in [1.165, 1.54) is 7.11 Å². The molecular formula is C16H17Cl3N2O4. The van der Waals surface area contributed by atoms with E-state index in [0.29, 0.717) is 13.0 Å². The van der Waals surface area contributed by atoms with Gasteiger partial charge in [0.05, 0.1) is 13.0 Å². The molecule has 2 amide bonds. The lowest BCUT2D eigenvalue weighted by Crippen LogP contribution is -2.48. The van der Waals surface area contributed by atoms with E-state index in [-0.39, 0.29) is 11.8 Å². The predicted octanol–water partition coefficient (Wildman–Crippen LogP) is 1.93. The van der Waals surface area contributed by atoms with Crippen molar-refractivity contribution in [2.45, 2.75) is 22.2 Å². The minimum atomic E-state index is -2.17. The minimum Gasteiger partial charge on any atom is -0.469 e. The highest BCUT2D eigenvalue weighted by Crippen LogP contribution is 2.30. The number of esters is 1. The Kier molecular flexibility index (Phi) is 6.54. The SMILES string of the molecule is COC(=O)C(CC1CNC(=O)C1NC(=O)C(Cl)(Cl)Cl)c1ccccc1. The quantitative estimate of drug-likeness (QED) is 0.577. The second kappa shape index (κ2) is 8.25. The molecule has 3 unspecified atom stereocenters. The number of halogens is 3. The summed E-state index contributed by atoms with van der Waals surface area (Å²) in [7, 11) is 1.30. The van der Waals surface area contributed by atoms with Crippen LogP contribution in [0.2, 0.25) is 0 Å². The molecule has 1 saturated heterocycles. The molecule has 25 heavy (non-hydrogen) atoms. The summed E-state index contributed by atoms with van der Waals surface area (Å²) < 4.78 is 2.71. The molecular weight excluding hydrogens is 391 g/mol. The Labute approximate surface area is 160 Å². The van der Waals surface area contributed by atoms with Gasteiger partial charge in [0.15, 0.2) is 0 Å². The van der Waals surface area contributed by atoms with Crippen molar-refractivity contribution in [3.05, 3.63) is 35.9 Å². The first-order valence-electron chi connectivity index (χ1n) is 7.52. The summed E-state index contributed by atoms with van der Waals surface area (Å²) in [6, 6.07) is 8.18. The van der Waals surface area contributed by atoms with Crippen LogP contribution < -0.4 is 10.6 Å². The number of carbonyl (C=O) groups excluding carboxylic acids is 3.